The fourth-order valence-electron chi connectivity index (χ4n) is 1.33. The third-order valence-corrected chi connectivity index (χ3v) is 10.2. The first-order valence-electron chi connectivity index (χ1n) is 4.97. The van der Waals surface area contributed by atoms with E-state index in [1.807, 2.05) is 18.2 Å². The van der Waals surface area contributed by atoms with Crippen molar-refractivity contribution >= 4 is 112 Å². The van der Waals surface area contributed by atoms with E-state index in [4.69, 9.17) is 4.74 Å². The summed E-state index contributed by atoms with van der Waals surface area (Å²) in [6, 6.07) is 5.70. The van der Waals surface area contributed by atoms with Crippen LogP contribution >= 0.6 is 112 Å². The van der Waals surface area contributed by atoms with Gasteiger partial charge in [-0.1, -0.05) is 0 Å². The minimum absolute atomic E-state index is 0.682. The Morgan fingerprint density at radius 1 is 0.600 bits per heavy atom. The second kappa shape index (κ2) is 7.45. The molecule has 2 rings (SSSR count). The lowest BCUT2D eigenvalue weighted by molar-refractivity contribution is 0.475. The van der Waals surface area contributed by atoms with Crippen LogP contribution in [0, 0.1) is 0 Å². The predicted octanol–water partition coefficient (Wildman–Crippen LogP) is 8.82. The van der Waals surface area contributed by atoms with Gasteiger partial charge in [-0.05, 0) is 130 Å². The van der Waals surface area contributed by atoms with Crippen molar-refractivity contribution in [2.75, 3.05) is 0 Å². The maximum atomic E-state index is 5.97. The Bertz CT molecular complexity index is 655. The fourth-order valence-corrected chi connectivity index (χ4v) is 5.11. The molecule has 2 aromatic carbocycles. The highest BCUT2D eigenvalue weighted by atomic mass is 79.9. The molecule has 20 heavy (non-hydrogen) atoms. The summed E-state index contributed by atoms with van der Waals surface area (Å²) in [4.78, 5) is 0. The molecule has 0 aromatic heterocycles. The molecule has 1 nitrogen and oxygen atoms in total. The van der Waals surface area contributed by atoms with Crippen LogP contribution in [0.5, 0.6) is 11.5 Å². The summed E-state index contributed by atoms with van der Waals surface area (Å²) in [6.45, 7) is 0. The number of halogens is 7. The molecule has 2 aromatic rings. The number of hydrogen-bond donors (Lipinski definition) is 0. The molecule has 0 fully saturated rings. The standard InChI is InChI=1S/C12H3Br7O/c13-5-2-1-4(3-6(5)14)20-12-10(18)8(16)7(15)9(17)11(12)19/h1-3H. The van der Waals surface area contributed by atoms with Crippen molar-refractivity contribution in [3.63, 3.8) is 0 Å². The summed E-state index contributed by atoms with van der Waals surface area (Å²) in [6.07, 6.45) is 0. The Kier molecular flexibility index (Phi) is 6.68. The second-order valence-electron chi connectivity index (χ2n) is 3.58. The summed E-state index contributed by atoms with van der Waals surface area (Å²) in [5.74, 6) is 1.41. The van der Waals surface area contributed by atoms with Gasteiger partial charge in [0.2, 0.25) is 0 Å². The zero-order valence-electron chi connectivity index (χ0n) is 9.29. The van der Waals surface area contributed by atoms with E-state index >= 15 is 0 Å². The minimum Gasteiger partial charge on any atom is -0.455 e. The predicted molar refractivity (Wildman–Crippen MR) is 107 cm³/mol. The maximum absolute atomic E-state index is 5.97. The molecule has 0 N–H and O–H groups in total. The Hall–Kier alpha value is 1.60. The van der Waals surface area contributed by atoms with Gasteiger partial charge in [-0.2, -0.15) is 0 Å². The Labute approximate surface area is 175 Å². The van der Waals surface area contributed by atoms with Crippen LogP contribution in [-0.4, -0.2) is 0 Å². The molecule has 106 valence electrons. The van der Waals surface area contributed by atoms with Gasteiger partial charge in [0.1, 0.15) is 5.75 Å². The van der Waals surface area contributed by atoms with Gasteiger partial charge in [0.15, 0.2) is 5.75 Å². The molecule has 0 unspecified atom stereocenters. The van der Waals surface area contributed by atoms with E-state index in [1.54, 1.807) is 0 Å². The largest absolute Gasteiger partial charge is 0.455 e. The molecule has 0 atom stereocenters. The van der Waals surface area contributed by atoms with Crippen molar-refractivity contribution in [1.29, 1.82) is 0 Å². The van der Waals surface area contributed by atoms with E-state index in [-0.39, 0.29) is 0 Å². The third kappa shape index (κ3) is 3.74. The summed E-state index contributed by atoms with van der Waals surface area (Å²) < 4.78 is 12.2. The molecule has 0 heterocycles. The first-order valence-corrected chi connectivity index (χ1v) is 10.5. The van der Waals surface area contributed by atoms with E-state index in [0.717, 1.165) is 37.1 Å². The quantitative estimate of drug-likeness (QED) is 0.223. The highest BCUT2D eigenvalue weighted by Crippen LogP contribution is 2.50. The fraction of sp³-hybridized carbons (Fsp3) is 0. The molecule has 0 bridgehead atoms. The monoisotopic (exact) mass is 715 g/mol. The number of rotatable bonds is 2. The minimum atomic E-state index is 0.682. The van der Waals surface area contributed by atoms with Gasteiger partial charge in [0.25, 0.3) is 0 Å². The number of hydrogen-bond acceptors (Lipinski definition) is 1. The third-order valence-electron chi connectivity index (χ3n) is 2.28. The number of ether oxygens (including phenoxy) is 1. The van der Waals surface area contributed by atoms with E-state index in [1.165, 1.54) is 0 Å². The molecule has 0 amide bonds. The van der Waals surface area contributed by atoms with Crippen LogP contribution in [0.1, 0.15) is 0 Å². The Morgan fingerprint density at radius 3 is 1.60 bits per heavy atom. The van der Waals surface area contributed by atoms with Gasteiger partial charge in [0.05, 0.1) is 17.9 Å². The molecular formula is C12H3Br7O. The topological polar surface area (TPSA) is 9.23 Å². The highest BCUT2D eigenvalue weighted by molar-refractivity contribution is 9.16. The van der Waals surface area contributed by atoms with Crippen LogP contribution in [0.3, 0.4) is 0 Å². The van der Waals surface area contributed by atoms with Crippen molar-refractivity contribution in [3.05, 3.63) is 49.5 Å². The van der Waals surface area contributed by atoms with Crippen molar-refractivity contribution in [2.24, 2.45) is 0 Å². The molecule has 8 heteroatoms. The van der Waals surface area contributed by atoms with Gasteiger partial charge in [-0.3, -0.25) is 0 Å². The molecule has 0 aliphatic carbocycles. The van der Waals surface area contributed by atoms with Crippen LogP contribution in [0.25, 0.3) is 0 Å². The van der Waals surface area contributed by atoms with Crippen molar-refractivity contribution in [2.45, 2.75) is 0 Å². The lowest BCUT2D eigenvalue weighted by Gasteiger charge is -2.14. The van der Waals surface area contributed by atoms with Crippen LogP contribution in [0.2, 0.25) is 0 Å². The second-order valence-corrected chi connectivity index (χ2v) is 9.25. The van der Waals surface area contributed by atoms with E-state index < -0.39 is 0 Å². The summed E-state index contributed by atoms with van der Waals surface area (Å²) in [5.41, 5.74) is 0. The number of benzene rings is 2. The SMILES string of the molecule is Brc1ccc(Oc2c(Br)c(Br)c(Br)c(Br)c2Br)cc1Br. The van der Waals surface area contributed by atoms with Gasteiger partial charge in [-0.15, -0.1) is 0 Å². The summed E-state index contributed by atoms with van der Waals surface area (Å²) in [7, 11) is 0. The lowest BCUT2D eigenvalue weighted by atomic mass is 10.3. The van der Waals surface area contributed by atoms with Crippen LogP contribution in [0.4, 0.5) is 0 Å². The Balaban J connectivity index is 2.51. The van der Waals surface area contributed by atoms with Crippen molar-refractivity contribution in [1.82, 2.24) is 0 Å². The summed E-state index contributed by atoms with van der Waals surface area (Å²) >= 11 is 24.5. The smallest absolute Gasteiger partial charge is 0.158 e. The molecule has 0 spiro atoms. The molecule has 0 radical (unpaired) electrons. The molecule has 0 aliphatic heterocycles. The lowest BCUT2D eigenvalue weighted by Crippen LogP contribution is -1.91. The molecule has 0 saturated heterocycles. The maximum Gasteiger partial charge on any atom is 0.158 e. The summed E-state index contributed by atoms with van der Waals surface area (Å²) in [5, 5.41) is 0. The van der Waals surface area contributed by atoms with Crippen LogP contribution in [0.15, 0.2) is 49.5 Å². The highest BCUT2D eigenvalue weighted by Gasteiger charge is 2.19. The van der Waals surface area contributed by atoms with E-state index in [2.05, 4.69) is 112 Å². The average molecular weight is 722 g/mol. The zero-order chi connectivity index (χ0) is 15.0. The van der Waals surface area contributed by atoms with Gasteiger partial charge >= 0.3 is 0 Å². The van der Waals surface area contributed by atoms with E-state index in [0.29, 0.717) is 5.75 Å². The van der Waals surface area contributed by atoms with E-state index in [9.17, 15) is 0 Å². The Morgan fingerprint density at radius 2 is 1.10 bits per heavy atom. The molecule has 0 saturated carbocycles. The first-order chi connectivity index (χ1) is 9.32. The van der Waals surface area contributed by atoms with Gasteiger partial charge in [-0.25, -0.2) is 0 Å². The molecule has 0 aliphatic rings. The van der Waals surface area contributed by atoms with Crippen molar-refractivity contribution in [3.8, 4) is 11.5 Å². The zero-order valence-corrected chi connectivity index (χ0v) is 20.4. The van der Waals surface area contributed by atoms with Crippen LogP contribution in [-0.2, 0) is 0 Å². The normalized spacial score (nSPS) is 10.8. The van der Waals surface area contributed by atoms with Gasteiger partial charge in [0, 0.05) is 13.4 Å². The van der Waals surface area contributed by atoms with Crippen LogP contribution < -0.4 is 4.74 Å². The molecular weight excluding hydrogens is 719 g/mol. The van der Waals surface area contributed by atoms with Gasteiger partial charge < -0.3 is 4.74 Å². The first kappa shape index (κ1) is 17.9. The van der Waals surface area contributed by atoms with Crippen molar-refractivity contribution < 1.29 is 4.74 Å². The average Bonchev–Trinajstić information content (AvgIpc) is 2.43.